The summed E-state index contributed by atoms with van der Waals surface area (Å²) in [5.74, 6) is -0.838. The van der Waals surface area contributed by atoms with Crippen molar-refractivity contribution in [3.63, 3.8) is 0 Å². The van der Waals surface area contributed by atoms with Gasteiger partial charge in [0, 0.05) is 19.3 Å². The van der Waals surface area contributed by atoms with Gasteiger partial charge in [0.05, 0.1) is 43.0 Å². The molecular weight excluding hydrogens is 382 g/mol. The summed E-state index contributed by atoms with van der Waals surface area (Å²) in [6.07, 6.45) is 6.44. The van der Waals surface area contributed by atoms with Gasteiger partial charge in [-0.1, -0.05) is 0 Å². The van der Waals surface area contributed by atoms with Crippen LogP contribution >= 0.6 is 0 Å². The molecule has 1 saturated heterocycles. The lowest BCUT2D eigenvalue weighted by atomic mass is 10.1. The zero-order valence-corrected chi connectivity index (χ0v) is 15.9. The average molecular weight is 402 g/mol. The molecule has 10 heteroatoms. The Labute approximate surface area is 165 Å². The zero-order chi connectivity index (χ0) is 20.4. The molecule has 1 aliphatic rings. The summed E-state index contributed by atoms with van der Waals surface area (Å²) in [4.78, 5) is 8.32. The number of benzene rings is 1. The maximum absolute atomic E-state index is 14.3. The van der Waals surface area contributed by atoms with Crippen LogP contribution in [0, 0.1) is 18.6 Å². The number of nitrogens with one attached hydrogen (secondary N) is 2. The third kappa shape index (κ3) is 3.97. The van der Waals surface area contributed by atoms with Gasteiger partial charge >= 0.3 is 0 Å². The lowest BCUT2D eigenvalue weighted by Gasteiger charge is -2.27. The first-order chi connectivity index (χ1) is 14.0. The number of methoxy groups -OCH3 is 1. The number of ether oxygens (including phenoxy) is 2. The van der Waals surface area contributed by atoms with Gasteiger partial charge in [-0.05, 0) is 18.6 Å². The van der Waals surface area contributed by atoms with Crippen LogP contribution in [0.5, 0.6) is 11.5 Å². The molecule has 0 spiro atoms. The highest BCUT2D eigenvalue weighted by Crippen LogP contribution is 2.27. The van der Waals surface area contributed by atoms with Gasteiger partial charge in [-0.25, -0.2) is 18.7 Å². The minimum Gasteiger partial charge on any atom is -0.494 e. The molecule has 0 atom stereocenters. The predicted molar refractivity (Wildman–Crippen MR) is 101 cm³/mol. The van der Waals surface area contributed by atoms with Crippen molar-refractivity contribution < 1.29 is 18.3 Å². The van der Waals surface area contributed by atoms with Crippen molar-refractivity contribution in [2.75, 3.05) is 25.5 Å². The molecule has 0 saturated carbocycles. The van der Waals surface area contributed by atoms with Gasteiger partial charge in [-0.15, -0.1) is 0 Å². The Morgan fingerprint density at radius 1 is 1.21 bits per heavy atom. The first kappa shape index (κ1) is 19.1. The first-order valence-electron chi connectivity index (χ1n) is 9.03. The van der Waals surface area contributed by atoms with Gasteiger partial charge < -0.3 is 20.1 Å². The highest BCUT2D eigenvalue weighted by Gasteiger charge is 2.20. The van der Waals surface area contributed by atoms with Crippen molar-refractivity contribution in [3.8, 4) is 11.5 Å². The molecule has 1 fully saturated rings. The maximum Gasteiger partial charge on any atom is 0.227 e. The van der Waals surface area contributed by atoms with Crippen LogP contribution in [-0.4, -0.2) is 39.9 Å². The Morgan fingerprint density at radius 3 is 2.62 bits per heavy atom. The fourth-order valence-corrected chi connectivity index (χ4v) is 2.88. The second-order valence-corrected chi connectivity index (χ2v) is 6.68. The third-order valence-corrected chi connectivity index (χ3v) is 4.66. The van der Waals surface area contributed by atoms with Crippen LogP contribution in [0.15, 0.2) is 30.9 Å². The number of nitrogens with zero attached hydrogens (tertiary/aromatic N) is 4. The summed E-state index contributed by atoms with van der Waals surface area (Å²) in [6, 6.07) is 1.67. The van der Waals surface area contributed by atoms with E-state index in [1.165, 1.54) is 32.5 Å². The number of aromatic nitrogens is 4. The van der Waals surface area contributed by atoms with Gasteiger partial charge in [0.2, 0.25) is 5.95 Å². The highest BCUT2D eigenvalue weighted by atomic mass is 19.1. The van der Waals surface area contributed by atoms with Crippen LogP contribution in [0.4, 0.5) is 20.4 Å². The Bertz CT molecular complexity index is 1000. The van der Waals surface area contributed by atoms with E-state index in [2.05, 4.69) is 25.7 Å². The molecule has 0 radical (unpaired) electrons. The van der Waals surface area contributed by atoms with Crippen molar-refractivity contribution in [1.29, 1.82) is 0 Å². The highest BCUT2D eigenvalue weighted by molar-refractivity contribution is 5.50. The van der Waals surface area contributed by atoms with E-state index in [4.69, 9.17) is 9.47 Å². The number of rotatable bonds is 7. The summed E-state index contributed by atoms with van der Waals surface area (Å²) in [5, 5.41) is 10.5. The fourth-order valence-electron chi connectivity index (χ4n) is 2.88. The van der Waals surface area contributed by atoms with E-state index in [1.807, 2.05) is 10.9 Å². The van der Waals surface area contributed by atoms with E-state index in [0.717, 1.165) is 18.8 Å². The topological polar surface area (TPSA) is 86.1 Å². The van der Waals surface area contributed by atoms with Crippen LogP contribution in [0.2, 0.25) is 0 Å². The van der Waals surface area contributed by atoms with Gasteiger partial charge in [0.25, 0.3) is 0 Å². The van der Waals surface area contributed by atoms with Crippen LogP contribution < -0.4 is 20.1 Å². The number of halogens is 2. The lowest BCUT2D eigenvalue weighted by molar-refractivity contribution is 0.285. The van der Waals surface area contributed by atoms with Gasteiger partial charge in [0.1, 0.15) is 12.4 Å². The zero-order valence-electron chi connectivity index (χ0n) is 15.9. The molecule has 0 bridgehead atoms. The molecule has 3 aromatic rings. The van der Waals surface area contributed by atoms with Crippen molar-refractivity contribution in [3.05, 3.63) is 53.6 Å². The minimum atomic E-state index is -0.784. The van der Waals surface area contributed by atoms with E-state index in [-0.39, 0.29) is 29.2 Å². The van der Waals surface area contributed by atoms with E-state index >= 15 is 0 Å². The van der Waals surface area contributed by atoms with E-state index in [9.17, 15) is 8.78 Å². The van der Waals surface area contributed by atoms with Crippen LogP contribution in [0.1, 0.15) is 17.2 Å². The summed E-state index contributed by atoms with van der Waals surface area (Å²) < 4.78 is 40.8. The molecule has 0 unspecified atom stereocenters. The smallest absolute Gasteiger partial charge is 0.227 e. The predicted octanol–water partition coefficient (Wildman–Crippen LogP) is 2.74. The second-order valence-electron chi connectivity index (χ2n) is 6.68. The van der Waals surface area contributed by atoms with Crippen LogP contribution in [0.25, 0.3) is 0 Å². The molecule has 0 amide bonds. The number of anilines is 2. The van der Waals surface area contributed by atoms with Crippen molar-refractivity contribution in [2.45, 2.75) is 19.6 Å². The molecule has 29 heavy (non-hydrogen) atoms. The average Bonchev–Trinajstić information content (AvgIpc) is 3.12. The van der Waals surface area contributed by atoms with Crippen LogP contribution in [-0.2, 0) is 6.61 Å². The molecule has 1 aliphatic heterocycles. The standard InChI is InChI=1S/C19H20F2N6O2/c1-11-3-16(28-2)18(21)15(17(11)20)10-29-14-7-23-19(24-8-14)26-12-4-25-27(9-12)13-5-22-6-13/h3-4,7-9,13,22H,5-6,10H2,1-2H3,(H,23,24,26). The second kappa shape index (κ2) is 8.00. The fraction of sp³-hybridized carbons (Fsp3) is 0.316. The summed E-state index contributed by atoms with van der Waals surface area (Å²) in [5.41, 5.74) is 0.833. The molecule has 3 heterocycles. The van der Waals surface area contributed by atoms with Gasteiger partial charge in [-0.3, -0.25) is 4.68 Å². The summed E-state index contributed by atoms with van der Waals surface area (Å²) >= 11 is 0. The SMILES string of the molecule is COc1cc(C)c(F)c(COc2cnc(Nc3cnn(C4CNC4)c3)nc2)c1F. The van der Waals surface area contributed by atoms with Crippen molar-refractivity contribution in [2.24, 2.45) is 0 Å². The van der Waals surface area contributed by atoms with Gasteiger partial charge in [0.15, 0.2) is 17.3 Å². The normalized spacial score (nSPS) is 13.8. The van der Waals surface area contributed by atoms with Crippen molar-refractivity contribution in [1.82, 2.24) is 25.1 Å². The Morgan fingerprint density at radius 2 is 1.97 bits per heavy atom. The first-order valence-corrected chi connectivity index (χ1v) is 9.03. The molecule has 2 N–H and O–H groups in total. The van der Waals surface area contributed by atoms with E-state index < -0.39 is 11.6 Å². The molecule has 152 valence electrons. The largest absolute Gasteiger partial charge is 0.494 e. The third-order valence-electron chi connectivity index (χ3n) is 4.66. The maximum atomic E-state index is 14.3. The molecule has 4 rings (SSSR count). The molecular formula is C19H20F2N6O2. The Hall–Kier alpha value is -3.27. The van der Waals surface area contributed by atoms with Crippen LogP contribution in [0.3, 0.4) is 0 Å². The number of aryl methyl sites for hydroxylation is 1. The van der Waals surface area contributed by atoms with E-state index in [1.54, 1.807) is 6.20 Å². The molecule has 1 aromatic carbocycles. The van der Waals surface area contributed by atoms with E-state index in [0.29, 0.717) is 12.0 Å². The number of hydrogen-bond donors (Lipinski definition) is 2. The Kier molecular flexibility index (Phi) is 5.26. The number of hydrogen-bond acceptors (Lipinski definition) is 7. The van der Waals surface area contributed by atoms with Gasteiger partial charge in [-0.2, -0.15) is 5.10 Å². The summed E-state index contributed by atoms with van der Waals surface area (Å²) in [7, 11) is 1.33. The quantitative estimate of drug-likeness (QED) is 0.628. The minimum absolute atomic E-state index is 0.0310. The molecule has 0 aliphatic carbocycles. The lowest BCUT2D eigenvalue weighted by Crippen LogP contribution is -2.43. The van der Waals surface area contributed by atoms with Crippen molar-refractivity contribution >= 4 is 11.6 Å². The molecule has 2 aromatic heterocycles. The Balaban J connectivity index is 1.40. The monoisotopic (exact) mass is 402 g/mol. The molecule has 8 nitrogen and oxygen atoms in total. The summed E-state index contributed by atoms with van der Waals surface area (Å²) in [6.45, 7) is 3.03.